The summed E-state index contributed by atoms with van der Waals surface area (Å²) in [6, 6.07) is 4.75. The molecule has 0 aromatic rings. The fourth-order valence-electron chi connectivity index (χ4n) is 3.13. The summed E-state index contributed by atoms with van der Waals surface area (Å²) >= 11 is 0. The van der Waals surface area contributed by atoms with Gasteiger partial charge in [-0.3, -0.25) is 0 Å². The highest BCUT2D eigenvalue weighted by atomic mass is 15.2. The monoisotopic (exact) mass is 258 g/mol. The van der Waals surface area contributed by atoms with E-state index < -0.39 is 5.54 Å². The summed E-state index contributed by atoms with van der Waals surface area (Å²) in [5.41, 5.74) is -0.593. The molecule has 102 valence electrons. The summed E-state index contributed by atoms with van der Waals surface area (Å²) in [5, 5.41) is 27.5. The molecule has 0 amide bonds. The first-order chi connectivity index (χ1) is 9.29. The molecule has 0 aromatic carbocycles. The zero-order valence-electron chi connectivity index (χ0n) is 11.5. The van der Waals surface area contributed by atoms with E-state index in [4.69, 9.17) is 0 Å². The number of nitrogens with zero attached hydrogens (tertiary/aromatic N) is 4. The summed E-state index contributed by atoms with van der Waals surface area (Å²) in [4.78, 5) is 0. The van der Waals surface area contributed by atoms with Gasteiger partial charge in [0.15, 0.2) is 5.54 Å². The van der Waals surface area contributed by atoms with Crippen molar-refractivity contribution in [3.8, 4) is 12.1 Å². The van der Waals surface area contributed by atoms with Gasteiger partial charge in [-0.05, 0) is 38.5 Å². The van der Waals surface area contributed by atoms with Gasteiger partial charge in [0.25, 0.3) is 0 Å². The van der Waals surface area contributed by atoms with Crippen LogP contribution in [0.4, 0.5) is 0 Å². The van der Waals surface area contributed by atoms with E-state index in [2.05, 4.69) is 22.4 Å². The first kappa shape index (κ1) is 14.0. The molecule has 2 saturated carbocycles. The van der Waals surface area contributed by atoms with E-state index in [0.717, 1.165) is 51.4 Å². The van der Waals surface area contributed by atoms with Crippen LogP contribution < -0.4 is 0 Å². The van der Waals surface area contributed by atoms with Crippen LogP contribution in [0.1, 0.15) is 64.2 Å². The molecule has 0 aliphatic heterocycles. The minimum absolute atomic E-state index is 0.00872. The molecule has 0 radical (unpaired) electrons. The van der Waals surface area contributed by atoms with E-state index in [1.807, 2.05) is 0 Å². The molecular formula is C15H22N4. The van der Waals surface area contributed by atoms with E-state index in [1.165, 1.54) is 12.8 Å². The molecule has 2 atom stereocenters. The predicted molar refractivity (Wildman–Crippen MR) is 72.3 cm³/mol. The minimum Gasteiger partial charge on any atom is -0.198 e. The lowest BCUT2D eigenvalue weighted by Gasteiger charge is -2.26. The Morgan fingerprint density at radius 1 is 0.895 bits per heavy atom. The lowest BCUT2D eigenvalue weighted by atomic mass is 9.84. The van der Waals surface area contributed by atoms with Crippen molar-refractivity contribution in [2.75, 3.05) is 0 Å². The van der Waals surface area contributed by atoms with E-state index in [-0.39, 0.29) is 12.0 Å². The molecule has 2 rings (SSSR count). The standard InChI is InChI=1S/C15H22N4/c16-11-13-7-3-1-4-8-14(13)18-19-15(12-17)9-5-2-6-10-15/h13-14H,1-10H2/b19-18+. The number of azo groups is 1. The highest BCUT2D eigenvalue weighted by Crippen LogP contribution is 2.33. The number of rotatable bonds is 2. The largest absolute Gasteiger partial charge is 0.198 e. The maximum Gasteiger partial charge on any atom is 0.167 e. The van der Waals surface area contributed by atoms with Gasteiger partial charge in [0.2, 0.25) is 0 Å². The topological polar surface area (TPSA) is 72.3 Å². The van der Waals surface area contributed by atoms with Gasteiger partial charge in [-0.15, -0.1) is 0 Å². The van der Waals surface area contributed by atoms with Crippen molar-refractivity contribution < 1.29 is 0 Å². The quantitative estimate of drug-likeness (QED) is 0.551. The molecule has 0 aromatic heterocycles. The third-order valence-corrected chi connectivity index (χ3v) is 4.43. The van der Waals surface area contributed by atoms with Crippen LogP contribution in [0, 0.1) is 28.6 Å². The van der Waals surface area contributed by atoms with Gasteiger partial charge < -0.3 is 0 Å². The minimum atomic E-state index is -0.593. The predicted octanol–water partition coefficient (Wildman–Crippen LogP) is 4.14. The van der Waals surface area contributed by atoms with Crippen molar-refractivity contribution in [2.45, 2.75) is 75.8 Å². The van der Waals surface area contributed by atoms with Gasteiger partial charge in [-0.25, -0.2) is 0 Å². The van der Waals surface area contributed by atoms with E-state index in [0.29, 0.717) is 0 Å². The number of hydrogen-bond donors (Lipinski definition) is 0. The Labute approximate surface area is 115 Å². The van der Waals surface area contributed by atoms with Crippen LogP contribution in [0.3, 0.4) is 0 Å². The molecule has 4 heteroatoms. The molecule has 2 aliphatic carbocycles. The molecule has 2 unspecified atom stereocenters. The normalized spacial score (nSPS) is 31.3. The van der Waals surface area contributed by atoms with Crippen LogP contribution in [0.2, 0.25) is 0 Å². The summed E-state index contributed by atoms with van der Waals surface area (Å²) in [6.45, 7) is 0. The molecule has 2 fully saturated rings. The Kier molecular flexibility index (Phi) is 4.91. The van der Waals surface area contributed by atoms with E-state index in [1.54, 1.807) is 0 Å². The molecule has 0 saturated heterocycles. The first-order valence-corrected chi connectivity index (χ1v) is 7.52. The fourth-order valence-corrected chi connectivity index (χ4v) is 3.13. The third-order valence-electron chi connectivity index (χ3n) is 4.43. The van der Waals surface area contributed by atoms with Crippen LogP contribution in [0.15, 0.2) is 10.2 Å². The Hall–Kier alpha value is -1.42. The summed E-state index contributed by atoms with van der Waals surface area (Å²) in [5.74, 6) is -0.00872. The second kappa shape index (κ2) is 6.66. The summed E-state index contributed by atoms with van der Waals surface area (Å²) in [6.07, 6.45) is 10.3. The highest BCUT2D eigenvalue weighted by molar-refractivity contribution is 5.08. The Morgan fingerprint density at radius 2 is 1.58 bits per heavy atom. The smallest absolute Gasteiger partial charge is 0.167 e. The van der Waals surface area contributed by atoms with Crippen LogP contribution in [-0.4, -0.2) is 11.6 Å². The zero-order chi connectivity index (χ0) is 13.6. The van der Waals surface area contributed by atoms with Gasteiger partial charge in [-0.1, -0.05) is 25.7 Å². The highest BCUT2D eigenvalue weighted by Gasteiger charge is 2.33. The molecule has 19 heavy (non-hydrogen) atoms. The Bertz CT molecular complexity index is 395. The van der Waals surface area contributed by atoms with Crippen LogP contribution in [0.5, 0.6) is 0 Å². The molecule has 0 heterocycles. The molecule has 2 aliphatic rings. The van der Waals surface area contributed by atoms with Crippen LogP contribution >= 0.6 is 0 Å². The molecule has 0 bridgehead atoms. The van der Waals surface area contributed by atoms with Crippen LogP contribution in [0.25, 0.3) is 0 Å². The molecule has 0 N–H and O–H groups in total. The van der Waals surface area contributed by atoms with Gasteiger partial charge in [0.05, 0.1) is 24.1 Å². The van der Waals surface area contributed by atoms with Crippen LogP contribution in [-0.2, 0) is 0 Å². The summed E-state index contributed by atoms with van der Waals surface area (Å²) < 4.78 is 0. The lowest BCUT2D eigenvalue weighted by Crippen LogP contribution is -2.28. The van der Waals surface area contributed by atoms with E-state index >= 15 is 0 Å². The average Bonchev–Trinajstić information content (AvgIpc) is 2.71. The van der Waals surface area contributed by atoms with Crippen molar-refractivity contribution in [1.82, 2.24) is 0 Å². The average molecular weight is 258 g/mol. The number of nitriles is 2. The van der Waals surface area contributed by atoms with Gasteiger partial charge in [0.1, 0.15) is 0 Å². The Balaban J connectivity index is 2.06. The maximum atomic E-state index is 9.38. The Morgan fingerprint density at radius 3 is 2.26 bits per heavy atom. The maximum absolute atomic E-state index is 9.38. The van der Waals surface area contributed by atoms with Crippen molar-refractivity contribution in [3.63, 3.8) is 0 Å². The summed E-state index contributed by atoms with van der Waals surface area (Å²) in [7, 11) is 0. The third kappa shape index (κ3) is 3.53. The first-order valence-electron chi connectivity index (χ1n) is 7.52. The van der Waals surface area contributed by atoms with Gasteiger partial charge >= 0.3 is 0 Å². The molecular weight excluding hydrogens is 236 g/mol. The van der Waals surface area contributed by atoms with Crippen molar-refractivity contribution >= 4 is 0 Å². The zero-order valence-corrected chi connectivity index (χ0v) is 11.5. The van der Waals surface area contributed by atoms with Crippen molar-refractivity contribution in [1.29, 1.82) is 10.5 Å². The molecule has 4 nitrogen and oxygen atoms in total. The van der Waals surface area contributed by atoms with Crippen molar-refractivity contribution in [2.24, 2.45) is 16.1 Å². The van der Waals surface area contributed by atoms with Crippen molar-refractivity contribution in [3.05, 3.63) is 0 Å². The fraction of sp³-hybridized carbons (Fsp3) is 0.867. The lowest BCUT2D eigenvalue weighted by molar-refractivity contribution is 0.340. The number of hydrogen-bond acceptors (Lipinski definition) is 4. The van der Waals surface area contributed by atoms with E-state index in [9.17, 15) is 10.5 Å². The second-order valence-electron chi connectivity index (χ2n) is 5.86. The molecule has 0 spiro atoms. The SMILES string of the molecule is N#CC1CCCCCC1/N=N/C1(C#N)CCCCC1. The van der Waals surface area contributed by atoms with Gasteiger partial charge in [0, 0.05) is 0 Å². The second-order valence-corrected chi connectivity index (χ2v) is 5.86. The van der Waals surface area contributed by atoms with Gasteiger partial charge in [-0.2, -0.15) is 20.8 Å².